The van der Waals surface area contributed by atoms with E-state index in [1.807, 2.05) is 0 Å². The Morgan fingerprint density at radius 3 is 2.09 bits per heavy atom. The predicted molar refractivity (Wildman–Crippen MR) is 40.6 cm³/mol. The van der Waals surface area contributed by atoms with Gasteiger partial charge in [0.1, 0.15) is 6.61 Å². The molecule has 0 fully saturated rings. The topological polar surface area (TPSA) is 26.3 Å². The number of hydrogen-bond acceptors (Lipinski definition) is 2. The van der Waals surface area contributed by atoms with Crippen LogP contribution in [0.25, 0.3) is 0 Å². The lowest BCUT2D eigenvalue weighted by atomic mass is 10.8. The van der Waals surface area contributed by atoms with Gasteiger partial charge in [-0.2, -0.15) is 0 Å². The third-order valence-electron chi connectivity index (χ3n) is 1.40. The van der Waals surface area contributed by atoms with Crippen LogP contribution in [0.4, 0.5) is 8.78 Å². The molecule has 11 heavy (non-hydrogen) atoms. The summed E-state index contributed by atoms with van der Waals surface area (Å²) in [6.45, 7) is 2.64. The standard InChI is InChI=1S/C6H13F2O2P/c1-3-11(9,4-2)10-5-6(7)8/h6H,3-5H2,1-2H3. The Balaban J connectivity index is 3.79. The maximum atomic E-state index is 11.6. The van der Waals surface area contributed by atoms with Crippen LogP contribution in [0.1, 0.15) is 13.8 Å². The molecule has 2 nitrogen and oxygen atoms in total. The van der Waals surface area contributed by atoms with E-state index in [4.69, 9.17) is 0 Å². The Kier molecular flexibility index (Phi) is 4.86. The molecule has 0 aromatic carbocycles. The first-order valence-corrected chi connectivity index (χ1v) is 5.54. The number of hydrogen-bond donors (Lipinski definition) is 0. The second-order valence-corrected chi connectivity index (χ2v) is 5.29. The predicted octanol–water partition coefficient (Wildman–Crippen LogP) is 2.59. The van der Waals surface area contributed by atoms with Gasteiger partial charge in [0, 0.05) is 12.3 Å². The van der Waals surface area contributed by atoms with Crippen molar-refractivity contribution < 1.29 is 17.9 Å². The largest absolute Gasteiger partial charge is 0.322 e. The second-order valence-electron chi connectivity index (χ2n) is 2.13. The summed E-state index contributed by atoms with van der Waals surface area (Å²) in [6, 6.07) is 0. The maximum absolute atomic E-state index is 11.6. The minimum Gasteiger partial charge on any atom is -0.322 e. The number of alkyl halides is 2. The van der Waals surface area contributed by atoms with E-state index < -0.39 is 20.4 Å². The Labute approximate surface area is 65.4 Å². The zero-order valence-electron chi connectivity index (χ0n) is 6.72. The molecule has 5 heteroatoms. The number of rotatable bonds is 5. The van der Waals surface area contributed by atoms with Crippen molar-refractivity contribution in [2.24, 2.45) is 0 Å². The zero-order valence-corrected chi connectivity index (χ0v) is 7.61. The fraction of sp³-hybridized carbons (Fsp3) is 1.00. The number of halogens is 2. The van der Waals surface area contributed by atoms with Gasteiger partial charge in [-0.25, -0.2) is 8.78 Å². The Morgan fingerprint density at radius 2 is 1.82 bits per heavy atom. The average molecular weight is 186 g/mol. The van der Waals surface area contributed by atoms with Gasteiger partial charge < -0.3 is 4.52 Å². The van der Waals surface area contributed by atoms with Crippen molar-refractivity contribution in [2.75, 3.05) is 18.9 Å². The summed E-state index contributed by atoms with van der Waals surface area (Å²) in [5.41, 5.74) is 0. The first-order chi connectivity index (χ1) is 5.04. The molecule has 0 aromatic heterocycles. The SMILES string of the molecule is CCP(=O)(CC)OCC(F)F. The van der Waals surface area contributed by atoms with Gasteiger partial charge >= 0.3 is 0 Å². The van der Waals surface area contributed by atoms with Gasteiger partial charge in [-0.05, 0) is 0 Å². The van der Waals surface area contributed by atoms with Crippen LogP contribution >= 0.6 is 7.37 Å². The van der Waals surface area contributed by atoms with Crippen molar-refractivity contribution in [3.8, 4) is 0 Å². The van der Waals surface area contributed by atoms with Crippen LogP contribution in [0.3, 0.4) is 0 Å². The van der Waals surface area contributed by atoms with Crippen molar-refractivity contribution in [1.29, 1.82) is 0 Å². The van der Waals surface area contributed by atoms with Gasteiger partial charge in [0.25, 0.3) is 6.43 Å². The monoisotopic (exact) mass is 186 g/mol. The fourth-order valence-corrected chi connectivity index (χ4v) is 1.80. The van der Waals surface area contributed by atoms with Crippen LogP contribution in [0, 0.1) is 0 Å². The van der Waals surface area contributed by atoms with Gasteiger partial charge in [0.2, 0.25) is 7.37 Å². The molecular formula is C6H13F2O2P. The molecule has 0 aliphatic heterocycles. The third-order valence-corrected chi connectivity index (χ3v) is 3.95. The van der Waals surface area contributed by atoms with Crippen molar-refractivity contribution >= 4 is 7.37 Å². The van der Waals surface area contributed by atoms with E-state index in [1.165, 1.54) is 0 Å². The summed E-state index contributed by atoms with van der Waals surface area (Å²) in [5.74, 6) is 0. The molecule has 0 saturated heterocycles. The molecule has 0 atom stereocenters. The van der Waals surface area contributed by atoms with Gasteiger partial charge in [0.05, 0.1) is 0 Å². The Morgan fingerprint density at radius 1 is 1.36 bits per heavy atom. The summed E-state index contributed by atoms with van der Waals surface area (Å²) in [6.07, 6.45) is -1.87. The minimum absolute atomic E-state index is 0.330. The van der Waals surface area contributed by atoms with Crippen molar-refractivity contribution in [2.45, 2.75) is 20.3 Å². The van der Waals surface area contributed by atoms with Crippen molar-refractivity contribution in [3.05, 3.63) is 0 Å². The highest BCUT2D eigenvalue weighted by molar-refractivity contribution is 7.58. The van der Waals surface area contributed by atoms with Gasteiger partial charge in [0.15, 0.2) is 0 Å². The quantitative estimate of drug-likeness (QED) is 0.617. The normalized spacial score (nSPS) is 12.5. The van der Waals surface area contributed by atoms with E-state index >= 15 is 0 Å². The molecule has 0 rings (SSSR count). The highest BCUT2D eigenvalue weighted by atomic mass is 31.2. The van der Waals surface area contributed by atoms with Crippen LogP contribution in [0.15, 0.2) is 0 Å². The molecule has 0 aliphatic carbocycles. The van der Waals surface area contributed by atoms with Crippen molar-refractivity contribution in [3.63, 3.8) is 0 Å². The first-order valence-electron chi connectivity index (χ1n) is 3.55. The lowest BCUT2D eigenvalue weighted by molar-refractivity contribution is 0.0832. The highest BCUT2D eigenvalue weighted by Gasteiger charge is 2.19. The van der Waals surface area contributed by atoms with Gasteiger partial charge in [-0.15, -0.1) is 0 Å². The van der Waals surface area contributed by atoms with E-state index in [-0.39, 0.29) is 0 Å². The summed E-state index contributed by atoms with van der Waals surface area (Å²) >= 11 is 0. The van der Waals surface area contributed by atoms with Crippen LogP contribution in [-0.4, -0.2) is 25.4 Å². The Bertz CT molecular complexity index is 142. The molecular weight excluding hydrogens is 173 g/mol. The van der Waals surface area contributed by atoms with E-state index in [2.05, 4.69) is 4.52 Å². The summed E-state index contributed by atoms with van der Waals surface area (Å²) in [5, 5.41) is 0. The summed E-state index contributed by atoms with van der Waals surface area (Å²) in [7, 11) is -2.72. The van der Waals surface area contributed by atoms with Crippen molar-refractivity contribution in [1.82, 2.24) is 0 Å². The molecule has 68 valence electrons. The van der Waals surface area contributed by atoms with Crippen LogP contribution in [0.2, 0.25) is 0 Å². The second kappa shape index (κ2) is 4.83. The average Bonchev–Trinajstić information content (AvgIpc) is 2.00. The van der Waals surface area contributed by atoms with E-state index in [0.717, 1.165) is 0 Å². The molecule has 0 radical (unpaired) electrons. The van der Waals surface area contributed by atoms with E-state index in [1.54, 1.807) is 13.8 Å². The molecule has 0 saturated carbocycles. The smallest absolute Gasteiger partial charge is 0.262 e. The molecule has 0 aliphatic rings. The van der Waals surface area contributed by atoms with Crippen LogP contribution in [0.5, 0.6) is 0 Å². The third kappa shape index (κ3) is 4.49. The zero-order chi connectivity index (χ0) is 8.91. The molecule has 0 bridgehead atoms. The minimum atomic E-state index is -2.72. The molecule has 0 aromatic rings. The van der Waals surface area contributed by atoms with Crippen LogP contribution in [-0.2, 0) is 9.09 Å². The first kappa shape index (κ1) is 11.1. The lowest BCUT2D eigenvalue weighted by Gasteiger charge is -2.13. The summed E-state index contributed by atoms with van der Waals surface area (Å²) in [4.78, 5) is 0. The molecule has 0 heterocycles. The van der Waals surface area contributed by atoms with E-state index in [0.29, 0.717) is 12.3 Å². The molecule has 0 unspecified atom stereocenters. The Hall–Kier alpha value is 0.0500. The van der Waals surface area contributed by atoms with Gasteiger partial charge in [-0.3, -0.25) is 4.57 Å². The molecule has 0 N–H and O–H groups in total. The maximum Gasteiger partial charge on any atom is 0.262 e. The fourth-order valence-electron chi connectivity index (χ4n) is 0.598. The van der Waals surface area contributed by atoms with E-state index in [9.17, 15) is 13.3 Å². The van der Waals surface area contributed by atoms with Crippen LogP contribution < -0.4 is 0 Å². The lowest BCUT2D eigenvalue weighted by Crippen LogP contribution is -2.04. The van der Waals surface area contributed by atoms with Gasteiger partial charge in [-0.1, -0.05) is 13.8 Å². The molecule has 0 amide bonds. The summed E-state index contributed by atoms with van der Waals surface area (Å²) < 4.78 is 39.1. The molecule has 0 spiro atoms. The highest BCUT2D eigenvalue weighted by Crippen LogP contribution is 2.45.